The van der Waals surface area contributed by atoms with Crippen molar-refractivity contribution >= 4 is 11.6 Å². The molecular formula is C16H14FN3O. The van der Waals surface area contributed by atoms with Crippen LogP contribution in [0.2, 0.25) is 0 Å². The van der Waals surface area contributed by atoms with Crippen LogP contribution in [0.4, 0.5) is 10.1 Å². The fourth-order valence-corrected chi connectivity index (χ4v) is 1.72. The van der Waals surface area contributed by atoms with Gasteiger partial charge in [0.1, 0.15) is 11.5 Å². The maximum absolute atomic E-state index is 13.2. The molecule has 0 unspecified atom stereocenters. The van der Waals surface area contributed by atoms with Crippen LogP contribution in [-0.4, -0.2) is 24.5 Å². The summed E-state index contributed by atoms with van der Waals surface area (Å²) in [5.74, 6) is 4.82. The molecule has 0 fully saturated rings. The number of nitrogens with zero attached hydrogens (tertiary/aromatic N) is 2. The van der Waals surface area contributed by atoms with E-state index in [0.717, 1.165) is 0 Å². The molecule has 0 aliphatic heterocycles. The van der Waals surface area contributed by atoms with Crippen LogP contribution in [-0.2, 0) is 0 Å². The largest absolute Gasteiger partial charge is 0.320 e. The van der Waals surface area contributed by atoms with Crippen molar-refractivity contribution in [3.63, 3.8) is 0 Å². The molecule has 1 heterocycles. The molecule has 1 amide bonds. The Balaban J connectivity index is 2.19. The lowest BCUT2D eigenvalue weighted by molar-refractivity contribution is 0.0988. The Morgan fingerprint density at radius 1 is 1.38 bits per heavy atom. The number of carbonyl (C=O) groups excluding carboxylic acids is 1. The summed E-state index contributed by atoms with van der Waals surface area (Å²) in [6.07, 6.45) is 1.51. The van der Waals surface area contributed by atoms with Crippen molar-refractivity contribution in [1.82, 2.24) is 4.98 Å². The van der Waals surface area contributed by atoms with E-state index in [2.05, 4.69) is 16.8 Å². The number of amides is 1. The van der Waals surface area contributed by atoms with Crippen molar-refractivity contribution in [2.45, 2.75) is 0 Å². The van der Waals surface area contributed by atoms with Gasteiger partial charge in [-0.25, -0.2) is 9.37 Å². The monoisotopic (exact) mass is 283 g/mol. The minimum atomic E-state index is -0.396. The molecule has 21 heavy (non-hydrogen) atoms. The fraction of sp³-hybridized carbons (Fsp3) is 0.125. The topological polar surface area (TPSA) is 59.2 Å². The Morgan fingerprint density at radius 3 is 2.81 bits per heavy atom. The van der Waals surface area contributed by atoms with Crippen LogP contribution >= 0.6 is 0 Å². The lowest BCUT2D eigenvalue weighted by atomic mass is 10.2. The summed E-state index contributed by atoms with van der Waals surface area (Å²) < 4.78 is 13.2. The van der Waals surface area contributed by atoms with Gasteiger partial charge in [-0.15, -0.1) is 0 Å². The molecule has 1 aromatic heterocycles. The number of benzene rings is 1. The molecule has 0 bridgehead atoms. The number of rotatable bonds is 2. The second-order valence-corrected chi connectivity index (χ2v) is 4.28. The molecule has 0 aliphatic carbocycles. The second-order valence-electron chi connectivity index (χ2n) is 4.28. The standard InChI is InChI=1S/C16H14FN3O/c1-20(14-6-2-5-13(17)10-14)16(21)15-8-7-12(11-19-15)4-3-9-18/h2,5-8,10-11H,9,18H2,1H3. The Morgan fingerprint density at radius 2 is 2.19 bits per heavy atom. The average molecular weight is 283 g/mol. The SMILES string of the molecule is CN(C(=O)c1ccc(C#CCN)cn1)c1cccc(F)c1. The van der Waals surface area contributed by atoms with Crippen LogP contribution in [0, 0.1) is 17.7 Å². The van der Waals surface area contributed by atoms with Crippen molar-refractivity contribution < 1.29 is 9.18 Å². The predicted octanol–water partition coefficient (Wildman–Crippen LogP) is 1.81. The van der Waals surface area contributed by atoms with Gasteiger partial charge in [0.15, 0.2) is 0 Å². The minimum Gasteiger partial charge on any atom is -0.320 e. The molecule has 106 valence electrons. The van der Waals surface area contributed by atoms with Crippen molar-refractivity contribution in [2.75, 3.05) is 18.5 Å². The van der Waals surface area contributed by atoms with Crippen molar-refractivity contribution in [1.29, 1.82) is 0 Å². The highest BCUT2D eigenvalue weighted by Gasteiger charge is 2.14. The lowest BCUT2D eigenvalue weighted by Gasteiger charge is -2.16. The molecule has 0 aliphatic rings. The smallest absolute Gasteiger partial charge is 0.276 e. The zero-order valence-corrected chi connectivity index (χ0v) is 11.5. The molecule has 0 saturated carbocycles. The summed E-state index contributed by atoms with van der Waals surface area (Å²) in [4.78, 5) is 17.7. The Bertz CT molecular complexity index is 701. The molecule has 1 aromatic carbocycles. The number of halogens is 1. The predicted molar refractivity (Wildman–Crippen MR) is 79.3 cm³/mol. The third-order valence-electron chi connectivity index (χ3n) is 2.82. The molecule has 0 radical (unpaired) electrons. The highest BCUT2D eigenvalue weighted by atomic mass is 19.1. The first-order valence-electron chi connectivity index (χ1n) is 6.30. The molecule has 0 saturated heterocycles. The molecule has 2 aromatic rings. The maximum atomic E-state index is 13.2. The molecule has 2 N–H and O–H groups in total. The molecule has 2 rings (SSSR count). The molecule has 0 atom stereocenters. The Labute approximate surface area is 122 Å². The summed E-state index contributed by atoms with van der Waals surface area (Å²) in [5, 5.41) is 0. The van der Waals surface area contributed by atoms with Gasteiger partial charge in [0.05, 0.1) is 6.54 Å². The van der Waals surface area contributed by atoms with Crippen molar-refractivity contribution in [2.24, 2.45) is 5.73 Å². The van der Waals surface area contributed by atoms with Crippen molar-refractivity contribution in [3.8, 4) is 11.8 Å². The van der Waals surface area contributed by atoms with Gasteiger partial charge in [0, 0.05) is 24.5 Å². The van der Waals surface area contributed by atoms with Crippen LogP contribution in [0.3, 0.4) is 0 Å². The number of pyridine rings is 1. The van der Waals surface area contributed by atoms with E-state index in [-0.39, 0.29) is 18.1 Å². The first-order chi connectivity index (χ1) is 10.1. The van der Waals surface area contributed by atoms with Gasteiger partial charge in [-0.05, 0) is 30.3 Å². The minimum absolute atomic E-state index is 0.264. The quantitative estimate of drug-likeness (QED) is 0.855. The first kappa shape index (κ1) is 14.7. The number of hydrogen-bond donors (Lipinski definition) is 1. The molecule has 0 spiro atoms. The fourth-order valence-electron chi connectivity index (χ4n) is 1.72. The number of aromatic nitrogens is 1. The van der Waals surface area contributed by atoms with Crippen LogP contribution in [0.15, 0.2) is 42.6 Å². The highest BCUT2D eigenvalue weighted by molar-refractivity contribution is 6.04. The number of hydrogen-bond acceptors (Lipinski definition) is 3. The van der Waals surface area contributed by atoms with E-state index in [1.807, 2.05) is 0 Å². The average Bonchev–Trinajstić information content (AvgIpc) is 2.52. The molecule has 4 nitrogen and oxygen atoms in total. The van der Waals surface area contributed by atoms with E-state index in [1.54, 1.807) is 31.3 Å². The zero-order chi connectivity index (χ0) is 15.2. The van der Waals surface area contributed by atoms with Gasteiger partial charge in [-0.3, -0.25) is 4.79 Å². The van der Waals surface area contributed by atoms with Crippen LogP contribution in [0.25, 0.3) is 0 Å². The second kappa shape index (κ2) is 6.64. The number of carbonyl (C=O) groups is 1. The maximum Gasteiger partial charge on any atom is 0.276 e. The van der Waals surface area contributed by atoms with Gasteiger partial charge in [-0.1, -0.05) is 17.9 Å². The highest BCUT2D eigenvalue weighted by Crippen LogP contribution is 2.16. The Kier molecular flexibility index (Phi) is 4.64. The van der Waals surface area contributed by atoms with Crippen molar-refractivity contribution in [3.05, 3.63) is 59.7 Å². The summed E-state index contributed by atoms with van der Waals surface area (Å²) >= 11 is 0. The van der Waals surface area contributed by atoms with Crippen LogP contribution < -0.4 is 10.6 Å². The zero-order valence-electron chi connectivity index (χ0n) is 11.5. The van der Waals surface area contributed by atoms with Gasteiger partial charge >= 0.3 is 0 Å². The van der Waals surface area contributed by atoms with Gasteiger partial charge in [0.25, 0.3) is 5.91 Å². The normalized spacial score (nSPS) is 9.67. The molecule has 5 heteroatoms. The van der Waals surface area contributed by atoms with Gasteiger partial charge < -0.3 is 10.6 Å². The summed E-state index contributed by atoms with van der Waals surface area (Å²) in [5.41, 5.74) is 6.70. The van der Waals surface area contributed by atoms with E-state index in [4.69, 9.17) is 5.73 Å². The number of anilines is 1. The van der Waals surface area contributed by atoms with Gasteiger partial charge in [0.2, 0.25) is 0 Å². The Hall–Kier alpha value is -2.71. The summed E-state index contributed by atoms with van der Waals surface area (Å²) in [6, 6.07) is 9.10. The van der Waals surface area contributed by atoms with E-state index in [0.29, 0.717) is 11.3 Å². The van der Waals surface area contributed by atoms with E-state index >= 15 is 0 Å². The third-order valence-corrected chi connectivity index (χ3v) is 2.82. The third kappa shape index (κ3) is 3.65. The first-order valence-corrected chi connectivity index (χ1v) is 6.30. The van der Waals surface area contributed by atoms with E-state index < -0.39 is 5.82 Å². The number of nitrogens with two attached hydrogens (primary N) is 1. The summed E-state index contributed by atoms with van der Waals surface area (Å²) in [7, 11) is 1.57. The van der Waals surface area contributed by atoms with Crippen LogP contribution in [0.5, 0.6) is 0 Å². The van der Waals surface area contributed by atoms with E-state index in [9.17, 15) is 9.18 Å². The van der Waals surface area contributed by atoms with E-state index in [1.165, 1.54) is 23.2 Å². The molecular weight excluding hydrogens is 269 g/mol. The lowest BCUT2D eigenvalue weighted by Crippen LogP contribution is -2.27. The van der Waals surface area contributed by atoms with Gasteiger partial charge in [-0.2, -0.15) is 0 Å². The summed E-state index contributed by atoms with van der Waals surface area (Å²) in [6.45, 7) is 0.267. The van der Waals surface area contributed by atoms with Crippen LogP contribution in [0.1, 0.15) is 16.1 Å².